The maximum Gasteiger partial charge on any atom is 0.319 e. The Labute approximate surface area is 177 Å². The number of benzene rings is 1. The topological polar surface area (TPSA) is 96.0 Å². The normalized spacial score (nSPS) is 10.5. The standard InChI is InChI=1S/C22H19N5O2S/c28-21(19-11-17-6-9-24-14-20(17)30-19)25-13-16-2-1-3-18(10-16)27-22(29)26-12-15-4-7-23-8-5-15/h1-11,14H,12-13H2,(H,25,28)(H2,26,27,29). The molecule has 3 amide bonds. The van der Waals surface area contributed by atoms with Crippen LogP contribution in [0.25, 0.3) is 10.1 Å². The molecule has 0 bridgehead atoms. The van der Waals surface area contributed by atoms with Crippen molar-refractivity contribution in [3.8, 4) is 0 Å². The molecule has 3 N–H and O–H groups in total. The van der Waals surface area contributed by atoms with Gasteiger partial charge in [0, 0.05) is 43.6 Å². The van der Waals surface area contributed by atoms with E-state index >= 15 is 0 Å². The van der Waals surface area contributed by atoms with Gasteiger partial charge in [-0.15, -0.1) is 11.3 Å². The van der Waals surface area contributed by atoms with E-state index in [1.54, 1.807) is 30.9 Å². The highest BCUT2D eigenvalue weighted by Crippen LogP contribution is 2.24. The third-order valence-corrected chi connectivity index (χ3v) is 5.47. The van der Waals surface area contributed by atoms with Crippen LogP contribution in [-0.4, -0.2) is 21.9 Å². The van der Waals surface area contributed by atoms with Gasteiger partial charge < -0.3 is 16.0 Å². The molecule has 0 saturated carbocycles. The summed E-state index contributed by atoms with van der Waals surface area (Å²) in [6.45, 7) is 0.772. The number of nitrogens with one attached hydrogen (secondary N) is 3. The number of pyridine rings is 2. The van der Waals surface area contributed by atoms with Crippen LogP contribution in [-0.2, 0) is 13.1 Å². The molecule has 0 aliphatic heterocycles. The van der Waals surface area contributed by atoms with Gasteiger partial charge in [-0.05, 0) is 52.9 Å². The molecule has 1 aromatic carbocycles. The zero-order valence-electron chi connectivity index (χ0n) is 16.0. The van der Waals surface area contributed by atoms with Crippen molar-refractivity contribution in [3.05, 3.63) is 89.3 Å². The molecule has 4 rings (SSSR count). The van der Waals surface area contributed by atoms with Gasteiger partial charge in [0.25, 0.3) is 5.91 Å². The van der Waals surface area contributed by atoms with Gasteiger partial charge in [-0.2, -0.15) is 0 Å². The molecule has 0 spiro atoms. The highest BCUT2D eigenvalue weighted by Gasteiger charge is 2.10. The maximum atomic E-state index is 12.5. The minimum Gasteiger partial charge on any atom is -0.347 e. The molecule has 8 heteroatoms. The van der Waals surface area contributed by atoms with Crippen molar-refractivity contribution in [2.24, 2.45) is 0 Å². The average molecular weight is 417 g/mol. The summed E-state index contributed by atoms with van der Waals surface area (Å²) in [4.78, 5) is 33.3. The first-order valence-corrected chi connectivity index (χ1v) is 10.1. The number of carbonyl (C=O) groups excluding carboxylic acids is 2. The zero-order valence-corrected chi connectivity index (χ0v) is 16.8. The van der Waals surface area contributed by atoms with Crippen molar-refractivity contribution in [3.63, 3.8) is 0 Å². The van der Waals surface area contributed by atoms with Crippen LogP contribution in [0.5, 0.6) is 0 Å². The van der Waals surface area contributed by atoms with Crippen molar-refractivity contribution < 1.29 is 9.59 Å². The van der Waals surface area contributed by atoms with Gasteiger partial charge >= 0.3 is 6.03 Å². The lowest BCUT2D eigenvalue weighted by Gasteiger charge is -2.09. The summed E-state index contributed by atoms with van der Waals surface area (Å²) in [7, 11) is 0. The van der Waals surface area contributed by atoms with Gasteiger partial charge in [-0.3, -0.25) is 14.8 Å². The lowest BCUT2D eigenvalue weighted by molar-refractivity contribution is 0.0955. The van der Waals surface area contributed by atoms with Gasteiger partial charge in [0.05, 0.1) is 9.58 Å². The molecular formula is C22H19N5O2S. The molecule has 0 aliphatic carbocycles. The smallest absolute Gasteiger partial charge is 0.319 e. The molecule has 3 aromatic heterocycles. The summed E-state index contributed by atoms with van der Waals surface area (Å²) in [5, 5.41) is 9.53. The summed E-state index contributed by atoms with van der Waals surface area (Å²) < 4.78 is 0.978. The molecule has 0 unspecified atom stereocenters. The Bertz CT molecular complexity index is 1140. The van der Waals surface area contributed by atoms with Crippen LogP contribution in [0.15, 0.2) is 73.3 Å². The third kappa shape index (κ3) is 4.98. The fraction of sp³-hybridized carbons (Fsp3) is 0.0909. The Balaban J connectivity index is 1.31. The van der Waals surface area contributed by atoms with Crippen LogP contribution in [0.1, 0.15) is 20.8 Å². The fourth-order valence-electron chi connectivity index (χ4n) is 2.88. The van der Waals surface area contributed by atoms with Crippen molar-refractivity contribution in [1.29, 1.82) is 0 Å². The molecule has 0 radical (unpaired) electrons. The monoisotopic (exact) mass is 417 g/mol. The average Bonchev–Trinajstić information content (AvgIpc) is 3.21. The predicted molar refractivity (Wildman–Crippen MR) is 117 cm³/mol. The van der Waals surface area contributed by atoms with Crippen molar-refractivity contribution in [2.75, 3.05) is 5.32 Å². The van der Waals surface area contributed by atoms with Crippen molar-refractivity contribution in [1.82, 2.24) is 20.6 Å². The number of amides is 3. The molecular weight excluding hydrogens is 398 g/mol. The minimum absolute atomic E-state index is 0.135. The Morgan fingerprint density at radius 3 is 2.50 bits per heavy atom. The summed E-state index contributed by atoms with van der Waals surface area (Å²) >= 11 is 1.41. The van der Waals surface area contributed by atoms with E-state index in [0.717, 1.165) is 21.2 Å². The summed E-state index contributed by atoms with van der Waals surface area (Å²) in [5.74, 6) is -0.135. The predicted octanol–water partition coefficient (Wildman–Crippen LogP) is 3.94. The summed E-state index contributed by atoms with van der Waals surface area (Å²) in [6, 6.07) is 14.5. The first-order valence-electron chi connectivity index (χ1n) is 9.32. The molecule has 0 aliphatic rings. The SMILES string of the molecule is O=C(NCc1ccncc1)Nc1cccc(CNC(=O)c2cc3ccncc3s2)c1. The number of fused-ring (bicyclic) bond motifs is 1. The van der Waals surface area contributed by atoms with Crippen LogP contribution in [0.2, 0.25) is 0 Å². The number of urea groups is 1. The maximum absolute atomic E-state index is 12.5. The number of hydrogen-bond donors (Lipinski definition) is 3. The van der Waals surface area contributed by atoms with Crippen LogP contribution in [0.4, 0.5) is 10.5 Å². The number of rotatable bonds is 6. The summed E-state index contributed by atoms with van der Waals surface area (Å²) in [6.07, 6.45) is 6.83. The van der Waals surface area contributed by atoms with E-state index in [4.69, 9.17) is 0 Å². The zero-order chi connectivity index (χ0) is 20.8. The second kappa shape index (κ2) is 9.15. The Hall–Kier alpha value is -3.78. The Morgan fingerprint density at radius 2 is 1.67 bits per heavy atom. The van der Waals surface area contributed by atoms with E-state index in [1.165, 1.54) is 11.3 Å². The van der Waals surface area contributed by atoms with Gasteiger partial charge in [0.2, 0.25) is 0 Å². The quantitative estimate of drug-likeness (QED) is 0.443. The first kappa shape index (κ1) is 19.5. The fourth-order valence-corrected chi connectivity index (χ4v) is 3.83. The second-order valence-electron chi connectivity index (χ2n) is 6.57. The van der Waals surface area contributed by atoms with Crippen LogP contribution in [0, 0.1) is 0 Å². The van der Waals surface area contributed by atoms with E-state index in [0.29, 0.717) is 23.7 Å². The minimum atomic E-state index is -0.299. The first-order chi connectivity index (χ1) is 14.7. The van der Waals surface area contributed by atoms with Crippen LogP contribution in [0.3, 0.4) is 0 Å². The third-order valence-electron chi connectivity index (χ3n) is 4.39. The molecule has 3 heterocycles. The van der Waals surface area contributed by atoms with Crippen LogP contribution < -0.4 is 16.0 Å². The number of anilines is 1. The van der Waals surface area contributed by atoms with E-state index in [-0.39, 0.29) is 11.9 Å². The van der Waals surface area contributed by atoms with E-state index in [2.05, 4.69) is 25.9 Å². The molecule has 0 atom stereocenters. The highest BCUT2D eigenvalue weighted by molar-refractivity contribution is 7.20. The molecule has 7 nitrogen and oxygen atoms in total. The number of thiophene rings is 1. The number of hydrogen-bond acceptors (Lipinski definition) is 5. The number of aromatic nitrogens is 2. The summed E-state index contributed by atoms with van der Waals surface area (Å²) in [5.41, 5.74) is 2.51. The van der Waals surface area contributed by atoms with E-state index in [1.807, 2.05) is 42.5 Å². The molecule has 0 fully saturated rings. The molecule has 30 heavy (non-hydrogen) atoms. The van der Waals surface area contributed by atoms with Crippen molar-refractivity contribution >= 4 is 39.0 Å². The lowest BCUT2D eigenvalue weighted by Crippen LogP contribution is -2.28. The van der Waals surface area contributed by atoms with Gasteiger partial charge in [-0.25, -0.2) is 4.79 Å². The lowest BCUT2D eigenvalue weighted by atomic mass is 10.2. The van der Waals surface area contributed by atoms with E-state index in [9.17, 15) is 9.59 Å². The Morgan fingerprint density at radius 1 is 0.867 bits per heavy atom. The van der Waals surface area contributed by atoms with Gasteiger partial charge in [0.1, 0.15) is 0 Å². The van der Waals surface area contributed by atoms with Gasteiger partial charge in [-0.1, -0.05) is 12.1 Å². The molecule has 0 saturated heterocycles. The second-order valence-corrected chi connectivity index (χ2v) is 7.65. The highest BCUT2D eigenvalue weighted by atomic mass is 32.1. The van der Waals surface area contributed by atoms with Gasteiger partial charge in [0.15, 0.2) is 0 Å². The van der Waals surface area contributed by atoms with Crippen molar-refractivity contribution in [2.45, 2.75) is 13.1 Å². The number of carbonyl (C=O) groups is 2. The molecule has 4 aromatic rings. The van der Waals surface area contributed by atoms with Crippen LogP contribution >= 0.6 is 11.3 Å². The Kier molecular flexibility index (Phi) is 5.95. The van der Waals surface area contributed by atoms with E-state index < -0.39 is 0 Å². The molecule has 150 valence electrons. The largest absolute Gasteiger partial charge is 0.347 e. The number of nitrogens with zero attached hydrogens (tertiary/aromatic N) is 2.